The van der Waals surface area contributed by atoms with Crippen molar-refractivity contribution in [1.29, 1.82) is 0 Å². The molecule has 6 heteroatoms. The first-order valence-corrected chi connectivity index (χ1v) is 5.58. The highest BCUT2D eigenvalue weighted by molar-refractivity contribution is 9.10. The van der Waals surface area contributed by atoms with Crippen molar-refractivity contribution in [2.45, 2.75) is 6.04 Å². The zero-order valence-corrected chi connectivity index (χ0v) is 9.96. The van der Waals surface area contributed by atoms with Crippen molar-refractivity contribution in [3.05, 3.63) is 21.9 Å². The molecule has 1 unspecified atom stereocenters. The second kappa shape index (κ2) is 4.57. The quantitative estimate of drug-likeness (QED) is 0.863. The van der Waals surface area contributed by atoms with Gasteiger partial charge in [-0.25, -0.2) is 4.39 Å². The molecule has 0 amide bonds. The number of halogens is 2. The van der Waals surface area contributed by atoms with Crippen LogP contribution in [0.25, 0.3) is 0 Å². The SMILES string of the molecule is NC(CO)c1cc2c(c(Br)c1F)OCCO2. The van der Waals surface area contributed by atoms with Crippen molar-refractivity contribution < 1.29 is 19.0 Å². The van der Waals surface area contributed by atoms with Gasteiger partial charge in [0.1, 0.15) is 19.0 Å². The molecule has 4 nitrogen and oxygen atoms in total. The fraction of sp³-hybridized carbons (Fsp3) is 0.400. The van der Waals surface area contributed by atoms with Crippen LogP contribution in [0.5, 0.6) is 11.5 Å². The van der Waals surface area contributed by atoms with Crippen molar-refractivity contribution >= 4 is 15.9 Å². The Morgan fingerprint density at radius 1 is 1.50 bits per heavy atom. The summed E-state index contributed by atoms with van der Waals surface area (Å²) in [6, 6.07) is 0.697. The van der Waals surface area contributed by atoms with E-state index in [0.29, 0.717) is 24.7 Å². The van der Waals surface area contributed by atoms with Gasteiger partial charge in [-0.05, 0) is 22.0 Å². The summed E-state index contributed by atoms with van der Waals surface area (Å²) in [5.74, 6) is 0.266. The molecule has 0 spiro atoms. The number of aliphatic hydroxyl groups excluding tert-OH is 1. The van der Waals surface area contributed by atoms with E-state index in [4.69, 9.17) is 20.3 Å². The number of nitrogens with two attached hydrogens (primary N) is 1. The summed E-state index contributed by atoms with van der Waals surface area (Å²) in [7, 11) is 0. The molecule has 1 aliphatic heterocycles. The molecule has 0 radical (unpaired) electrons. The van der Waals surface area contributed by atoms with Crippen LogP contribution in [-0.2, 0) is 0 Å². The summed E-state index contributed by atoms with van der Waals surface area (Å²) < 4.78 is 24.7. The highest BCUT2D eigenvalue weighted by atomic mass is 79.9. The number of aliphatic hydroxyl groups is 1. The van der Waals surface area contributed by atoms with Gasteiger partial charge in [-0.15, -0.1) is 0 Å². The fourth-order valence-electron chi connectivity index (χ4n) is 1.51. The summed E-state index contributed by atoms with van der Waals surface area (Å²) in [6.07, 6.45) is 0. The highest BCUT2D eigenvalue weighted by Crippen LogP contribution is 2.41. The Labute approximate surface area is 100 Å². The Morgan fingerprint density at radius 3 is 2.88 bits per heavy atom. The minimum absolute atomic E-state index is 0.184. The molecule has 1 aromatic carbocycles. The van der Waals surface area contributed by atoms with Gasteiger partial charge in [0.15, 0.2) is 11.5 Å². The predicted octanol–water partition coefficient (Wildman–Crippen LogP) is 1.35. The summed E-state index contributed by atoms with van der Waals surface area (Å²) in [6.45, 7) is 0.471. The number of hydrogen-bond donors (Lipinski definition) is 2. The number of fused-ring (bicyclic) bond motifs is 1. The van der Waals surface area contributed by atoms with Crippen molar-refractivity contribution in [3.63, 3.8) is 0 Å². The van der Waals surface area contributed by atoms with Gasteiger partial charge in [-0.2, -0.15) is 0 Å². The van der Waals surface area contributed by atoms with Gasteiger partial charge in [0.25, 0.3) is 0 Å². The highest BCUT2D eigenvalue weighted by Gasteiger charge is 2.23. The van der Waals surface area contributed by atoms with Crippen molar-refractivity contribution in [2.75, 3.05) is 19.8 Å². The third-order valence-electron chi connectivity index (χ3n) is 2.34. The van der Waals surface area contributed by atoms with E-state index in [-0.39, 0.29) is 16.6 Å². The van der Waals surface area contributed by atoms with E-state index >= 15 is 0 Å². The lowest BCUT2D eigenvalue weighted by atomic mass is 10.1. The van der Waals surface area contributed by atoms with Crippen LogP contribution in [-0.4, -0.2) is 24.9 Å². The van der Waals surface area contributed by atoms with Crippen molar-refractivity contribution in [1.82, 2.24) is 0 Å². The minimum atomic E-state index is -0.771. The first kappa shape index (κ1) is 11.6. The Morgan fingerprint density at radius 2 is 2.19 bits per heavy atom. The summed E-state index contributed by atoms with van der Waals surface area (Å²) in [4.78, 5) is 0. The average molecular weight is 292 g/mol. The van der Waals surface area contributed by atoms with Crippen LogP contribution in [0.2, 0.25) is 0 Å². The lowest BCUT2D eigenvalue weighted by Crippen LogP contribution is -2.20. The molecule has 0 aliphatic carbocycles. The number of rotatable bonds is 2. The predicted molar refractivity (Wildman–Crippen MR) is 59.1 cm³/mol. The smallest absolute Gasteiger partial charge is 0.178 e. The molecule has 1 atom stereocenters. The molecule has 1 heterocycles. The summed E-state index contributed by atoms with van der Waals surface area (Å²) >= 11 is 3.10. The van der Waals surface area contributed by atoms with Gasteiger partial charge in [0.2, 0.25) is 0 Å². The minimum Gasteiger partial charge on any atom is -0.486 e. The van der Waals surface area contributed by atoms with Gasteiger partial charge in [0.05, 0.1) is 17.1 Å². The van der Waals surface area contributed by atoms with Gasteiger partial charge < -0.3 is 20.3 Å². The monoisotopic (exact) mass is 291 g/mol. The van der Waals surface area contributed by atoms with E-state index in [1.807, 2.05) is 0 Å². The Hall–Kier alpha value is -0.850. The first-order chi connectivity index (χ1) is 7.65. The van der Waals surface area contributed by atoms with E-state index in [1.54, 1.807) is 0 Å². The number of hydrogen-bond acceptors (Lipinski definition) is 4. The van der Waals surface area contributed by atoms with E-state index < -0.39 is 11.9 Å². The van der Waals surface area contributed by atoms with Crippen LogP contribution in [0, 0.1) is 5.82 Å². The maximum atomic E-state index is 13.9. The molecule has 2 rings (SSSR count). The van der Waals surface area contributed by atoms with Crippen molar-refractivity contribution in [2.24, 2.45) is 5.73 Å². The molecule has 1 aromatic rings. The lowest BCUT2D eigenvalue weighted by Gasteiger charge is -2.22. The van der Waals surface area contributed by atoms with Gasteiger partial charge in [0, 0.05) is 5.56 Å². The standard InChI is InChI=1S/C10H11BrFNO3/c11-8-9(12)5(6(13)4-14)3-7-10(8)16-2-1-15-7/h3,6,14H,1-2,4,13H2. The Balaban J connectivity index is 2.52. The number of benzene rings is 1. The lowest BCUT2D eigenvalue weighted by molar-refractivity contribution is 0.168. The van der Waals surface area contributed by atoms with Crippen LogP contribution in [0.15, 0.2) is 10.5 Å². The van der Waals surface area contributed by atoms with Crippen molar-refractivity contribution in [3.8, 4) is 11.5 Å². The fourth-order valence-corrected chi connectivity index (χ4v) is 2.05. The molecular formula is C10H11BrFNO3. The first-order valence-electron chi connectivity index (χ1n) is 4.79. The van der Waals surface area contributed by atoms with Gasteiger partial charge >= 0.3 is 0 Å². The molecule has 1 aliphatic rings. The van der Waals surface area contributed by atoms with Crippen LogP contribution in [0.4, 0.5) is 4.39 Å². The topological polar surface area (TPSA) is 64.7 Å². The third-order valence-corrected chi connectivity index (χ3v) is 3.05. The molecule has 0 saturated carbocycles. The average Bonchev–Trinajstić information content (AvgIpc) is 2.33. The van der Waals surface area contributed by atoms with E-state index in [2.05, 4.69) is 15.9 Å². The second-order valence-corrected chi connectivity index (χ2v) is 4.20. The van der Waals surface area contributed by atoms with E-state index in [9.17, 15) is 4.39 Å². The summed E-state index contributed by atoms with van der Waals surface area (Å²) in [5, 5.41) is 8.93. The molecule has 0 fully saturated rings. The number of ether oxygens (including phenoxy) is 2. The van der Waals surface area contributed by atoms with Crippen LogP contribution in [0.1, 0.15) is 11.6 Å². The van der Waals surface area contributed by atoms with Gasteiger partial charge in [-0.3, -0.25) is 0 Å². The third kappa shape index (κ3) is 1.88. The molecule has 3 N–H and O–H groups in total. The molecule has 0 saturated heterocycles. The normalized spacial score (nSPS) is 16.0. The molecule has 88 valence electrons. The molecule has 0 aromatic heterocycles. The summed E-state index contributed by atoms with van der Waals surface area (Å²) in [5.41, 5.74) is 5.80. The zero-order valence-electron chi connectivity index (χ0n) is 8.37. The molecule has 16 heavy (non-hydrogen) atoms. The van der Waals surface area contributed by atoms with E-state index in [1.165, 1.54) is 6.07 Å². The van der Waals surface area contributed by atoms with E-state index in [0.717, 1.165) is 0 Å². The zero-order chi connectivity index (χ0) is 11.7. The second-order valence-electron chi connectivity index (χ2n) is 3.41. The maximum Gasteiger partial charge on any atom is 0.178 e. The Kier molecular flexibility index (Phi) is 3.32. The van der Waals surface area contributed by atoms with Crippen LogP contribution >= 0.6 is 15.9 Å². The van der Waals surface area contributed by atoms with Crippen LogP contribution in [0.3, 0.4) is 0 Å². The molecule has 0 bridgehead atoms. The largest absolute Gasteiger partial charge is 0.486 e. The van der Waals surface area contributed by atoms with Crippen LogP contribution < -0.4 is 15.2 Å². The van der Waals surface area contributed by atoms with Gasteiger partial charge in [-0.1, -0.05) is 0 Å². The molecular weight excluding hydrogens is 281 g/mol. The Bertz CT molecular complexity index is 414. The maximum absolute atomic E-state index is 13.9.